The third-order valence-electron chi connectivity index (χ3n) is 3.68. The molecule has 2 aromatic heterocycles. The topological polar surface area (TPSA) is 46.3 Å². The molecule has 1 fully saturated rings. The summed E-state index contributed by atoms with van der Waals surface area (Å²) in [7, 11) is 0. The van der Waals surface area contributed by atoms with Crippen LogP contribution in [0.2, 0.25) is 0 Å². The summed E-state index contributed by atoms with van der Waals surface area (Å²) >= 11 is 1.64. The lowest BCUT2D eigenvalue weighted by Gasteiger charge is -2.22. The number of aliphatic hydroxyl groups excluding tert-OH is 1. The summed E-state index contributed by atoms with van der Waals surface area (Å²) in [4.78, 5) is 1.09. The average Bonchev–Trinajstić information content (AvgIpc) is 3.10. The first-order valence-corrected chi connectivity index (χ1v) is 6.84. The van der Waals surface area contributed by atoms with Gasteiger partial charge < -0.3 is 9.63 Å². The van der Waals surface area contributed by atoms with Gasteiger partial charge in [-0.25, -0.2) is 0 Å². The van der Waals surface area contributed by atoms with Gasteiger partial charge >= 0.3 is 0 Å². The molecule has 0 saturated heterocycles. The van der Waals surface area contributed by atoms with Crippen molar-refractivity contribution in [3.05, 3.63) is 29.3 Å². The van der Waals surface area contributed by atoms with Crippen LogP contribution in [0.3, 0.4) is 0 Å². The summed E-state index contributed by atoms with van der Waals surface area (Å²) in [5.74, 6) is 0.815. The standard InChI is InChI=1S/C13H15NO2S/c15-9-13(5-1-2-6-13)12-8-10(16-14-12)11-4-3-7-17-11/h3-4,7-8,15H,1-2,5-6,9H2. The molecule has 0 unspecified atom stereocenters. The minimum atomic E-state index is -0.154. The van der Waals surface area contributed by atoms with Gasteiger partial charge in [-0.3, -0.25) is 0 Å². The molecule has 2 aromatic rings. The molecule has 0 radical (unpaired) electrons. The number of nitrogens with zero attached hydrogens (tertiary/aromatic N) is 1. The number of rotatable bonds is 3. The highest BCUT2D eigenvalue weighted by Gasteiger charge is 2.38. The van der Waals surface area contributed by atoms with Crippen molar-refractivity contribution in [2.75, 3.05) is 6.61 Å². The van der Waals surface area contributed by atoms with Crippen LogP contribution in [0.5, 0.6) is 0 Å². The average molecular weight is 249 g/mol. The Balaban J connectivity index is 1.94. The number of hydrogen-bond donors (Lipinski definition) is 1. The molecule has 0 atom stereocenters. The van der Waals surface area contributed by atoms with E-state index in [4.69, 9.17) is 4.52 Å². The zero-order valence-corrected chi connectivity index (χ0v) is 10.4. The Kier molecular flexibility index (Phi) is 2.76. The Morgan fingerprint density at radius 3 is 2.88 bits per heavy atom. The van der Waals surface area contributed by atoms with Crippen LogP contribution in [0.15, 0.2) is 28.1 Å². The molecule has 2 heterocycles. The zero-order valence-electron chi connectivity index (χ0n) is 9.56. The van der Waals surface area contributed by atoms with Gasteiger partial charge in [0.25, 0.3) is 0 Å². The van der Waals surface area contributed by atoms with Crippen LogP contribution in [-0.4, -0.2) is 16.9 Å². The predicted octanol–water partition coefficient (Wildman–Crippen LogP) is 3.21. The summed E-state index contributed by atoms with van der Waals surface area (Å²) in [6.45, 7) is 0.170. The van der Waals surface area contributed by atoms with E-state index in [1.165, 1.54) is 12.8 Å². The molecule has 0 aliphatic heterocycles. The van der Waals surface area contributed by atoms with Gasteiger partial charge in [-0.05, 0) is 24.3 Å². The van der Waals surface area contributed by atoms with E-state index < -0.39 is 0 Å². The Bertz CT molecular complexity index is 483. The van der Waals surface area contributed by atoms with Crippen LogP contribution >= 0.6 is 11.3 Å². The van der Waals surface area contributed by atoms with Gasteiger partial charge in [0.1, 0.15) is 0 Å². The predicted molar refractivity (Wildman–Crippen MR) is 67.0 cm³/mol. The fourth-order valence-corrected chi connectivity index (χ4v) is 3.28. The van der Waals surface area contributed by atoms with E-state index in [9.17, 15) is 5.11 Å². The summed E-state index contributed by atoms with van der Waals surface area (Å²) in [6, 6.07) is 6.02. The largest absolute Gasteiger partial charge is 0.395 e. The Morgan fingerprint density at radius 2 is 2.24 bits per heavy atom. The molecule has 0 bridgehead atoms. The summed E-state index contributed by atoms with van der Waals surface area (Å²) in [5, 5.41) is 15.8. The minimum absolute atomic E-state index is 0.154. The van der Waals surface area contributed by atoms with Gasteiger partial charge in [0.2, 0.25) is 0 Å². The van der Waals surface area contributed by atoms with Crippen molar-refractivity contribution >= 4 is 11.3 Å². The van der Waals surface area contributed by atoms with Gasteiger partial charge in [0, 0.05) is 11.5 Å². The van der Waals surface area contributed by atoms with Gasteiger partial charge in [-0.1, -0.05) is 24.1 Å². The van der Waals surface area contributed by atoms with Crippen LogP contribution in [0.1, 0.15) is 31.4 Å². The van der Waals surface area contributed by atoms with Crippen LogP contribution in [0.25, 0.3) is 10.6 Å². The lowest BCUT2D eigenvalue weighted by Crippen LogP contribution is -2.27. The highest BCUT2D eigenvalue weighted by Crippen LogP contribution is 2.41. The Morgan fingerprint density at radius 1 is 1.41 bits per heavy atom. The van der Waals surface area contributed by atoms with Crippen molar-refractivity contribution in [3.63, 3.8) is 0 Å². The number of aliphatic hydroxyl groups is 1. The van der Waals surface area contributed by atoms with Crippen LogP contribution < -0.4 is 0 Å². The summed E-state index contributed by atoms with van der Waals surface area (Å²) in [5.41, 5.74) is 0.764. The van der Waals surface area contributed by atoms with E-state index in [1.807, 2.05) is 23.6 Å². The maximum atomic E-state index is 9.63. The monoisotopic (exact) mass is 249 g/mol. The molecule has 1 aliphatic rings. The number of aromatic nitrogens is 1. The van der Waals surface area contributed by atoms with Crippen LogP contribution in [-0.2, 0) is 5.41 Å². The fraction of sp³-hybridized carbons (Fsp3) is 0.462. The Hall–Kier alpha value is -1.13. The first-order chi connectivity index (χ1) is 8.34. The Labute approximate surface area is 104 Å². The SMILES string of the molecule is OCC1(c2cc(-c3cccs3)on2)CCCC1. The normalized spacial score (nSPS) is 18.6. The summed E-state index contributed by atoms with van der Waals surface area (Å²) in [6.07, 6.45) is 4.36. The molecule has 0 aromatic carbocycles. The lowest BCUT2D eigenvalue weighted by molar-refractivity contribution is 0.188. The second kappa shape index (κ2) is 4.27. The van der Waals surface area contributed by atoms with Crippen molar-refractivity contribution in [2.24, 2.45) is 0 Å². The van der Waals surface area contributed by atoms with E-state index >= 15 is 0 Å². The molecular weight excluding hydrogens is 234 g/mol. The smallest absolute Gasteiger partial charge is 0.177 e. The molecule has 17 heavy (non-hydrogen) atoms. The molecule has 1 N–H and O–H groups in total. The van der Waals surface area contributed by atoms with Crippen LogP contribution in [0, 0.1) is 0 Å². The third kappa shape index (κ3) is 1.81. The lowest BCUT2D eigenvalue weighted by atomic mass is 9.83. The molecule has 3 nitrogen and oxygen atoms in total. The minimum Gasteiger partial charge on any atom is -0.395 e. The van der Waals surface area contributed by atoms with Gasteiger partial charge in [-0.15, -0.1) is 11.3 Å². The molecule has 1 saturated carbocycles. The molecular formula is C13H15NO2S. The highest BCUT2D eigenvalue weighted by molar-refractivity contribution is 7.13. The third-order valence-corrected chi connectivity index (χ3v) is 4.57. The van der Waals surface area contributed by atoms with Crippen molar-refractivity contribution in [1.82, 2.24) is 5.16 Å². The van der Waals surface area contributed by atoms with Gasteiger partial charge in [0.15, 0.2) is 5.76 Å². The van der Waals surface area contributed by atoms with E-state index in [0.717, 1.165) is 29.2 Å². The second-order valence-electron chi connectivity index (χ2n) is 4.70. The van der Waals surface area contributed by atoms with E-state index in [1.54, 1.807) is 11.3 Å². The highest BCUT2D eigenvalue weighted by atomic mass is 32.1. The van der Waals surface area contributed by atoms with E-state index in [0.29, 0.717) is 0 Å². The molecule has 1 aliphatic carbocycles. The maximum Gasteiger partial charge on any atom is 0.177 e. The quantitative estimate of drug-likeness (QED) is 0.908. The van der Waals surface area contributed by atoms with Crippen molar-refractivity contribution < 1.29 is 9.63 Å². The second-order valence-corrected chi connectivity index (χ2v) is 5.65. The fourth-order valence-electron chi connectivity index (χ4n) is 2.61. The van der Waals surface area contributed by atoms with E-state index in [-0.39, 0.29) is 12.0 Å². The molecule has 0 amide bonds. The summed E-state index contributed by atoms with van der Waals surface area (Å²) < 4.78 is 5.40. The van der Waals surface area contributed by atoms with Gasteiger partial charge in [0.05, 0.1) is 17.2 Å². The number of thiophene rings is 1. The molecule has 4 heteroatoms. The number of hydrogen-bond acceptors (Lipinski definition) is 4. The van der Waals surface area contributed by atoms with Crippen molar-refractivity contribution in [2.45, 2.75) is 31.1 Å². The zero-order chi connectivity index (χ0) is 11.7. The van der Waals surface area contributed by atoms with E-state index in [2.05, 4.69) is 5.16 Å². The van der Waals surface area contributed by atoms with Crippen molar-refractivity contribution in [3.8, 4) is 10.6 Å². The van der Waals surface area contributed by atoms with Gasteiger partial charge in [-0.2, -0.15) is 0 Å². The molecule has 3 rings (SSSR count). The maximum absolute atomic E-state index is 9.63. The first kappa shape index (κ1) is 11.0. The molecule has 0 spiro atoms. The first-order valence-electron chi connectivity index (χ1n) is 5.96. The molecule has 90 valence electrons. The van der Waals surface area contributed by atoms with Crippen molar-refractivity contribution in [1.29, 1.82) is 0 Å². The van der Waals surface area contributed by atoms with Crippen LogP contribution in [0.4, 0.5) is 0 Å².